The van der Waals surface area contributed by atoms with Crippen LogP contribution in [0.1, 0.15) is 17.9 Å². The second-order valence-corrected chi connectivity index (χ2v) is 3.90. The molecule has 2 heterocycles. The predicted molar refractivity (Wildman–Crippen MR) is 61.7 cm³/mol. The van der Waals surface area contributed by atoms with E-state index in [0.29, 0.717) is 11.5 Å². The summed E-state index contributed by atoms with van der Waals surface area (Å²) in [7, 11) is 0. The van der Waals surface area contributed by atoms with Crippen molar-refractivity contribution < 1.29 is 19.4 Å². The zero-order chi connectivity index (χ0) is 13.8. The van der Waals surface area contributed by atoms with E-state index in [1.165, 1.54) is 4.68 Å². The molecule has 0 fully saturated rings. The molecule has 19 heavy (non-hydrogen) atoms. The van der Waals surface area contributed by atoms with Gasteiger partial charge in [-0.25, -0.2) is 4.68 Å². The zero-order valence-electron chi connectivity index (χ0n) is 9.81. The Kier molecular flexibility index (Phi) is 3.60. The van der Waals surface area contributed by atoms with Gasteiger partial charge in [-0.2, -0.15) is 0 Å². The lowest BCUT2D eigenvalue weighted by atomic mass is 10.2. The summed E-state index contributed by atoms with van der Waals surface area (Å²) < 4.78 is 6.44. The van der Waals surface area contributed by atoms with Gasteiger partial charge in [0.2, 0.25) is 5.43 Å². The molecule has 0 atom stereocenters. The Morgan fingerprint density at radius 2 is 2.26 bits per heavy atom. The number of carbonyl (C=O) groups is 1. The molecule has 8 nitrogen and oxygen atoms in total. The third-order valence-electron chi connectivity index (χ3n) is 2.37. The second kappa shape index (κ2) is 5.34. The highest BCUT2D eigenvalue weighted by Crippen LogP contribution is 2.06. The van der Waals surface area contributed by atoms with Gasteiger partial charge < -0.3 is 14.6 Å². The third kappa shape index (κ3) is 3.41. The average molecular weight is 265 g/mol. The molecule has 0 bridgehead atoms. The summed E-state index contributed by atoms with van der Waals surface area (Å²) in [6, 6.07) is 1.16. The molecule has 8 heteroatoms. The van der Waals surface area contributed by atoms with E-state index < -0.39 is 17.1 Å². The first kappa shape index (κ1) is 12.8. The van der Waals surface area contributed by atoms with Crippen molar-refractivity contribution in [1.29, 1.82) is 0 Å². The first-order valence-corrected chi connectivity index (χ1v) is 5.46. The smallest absolute Gasteiger partial charge is 0.303 e. The van der Waals surface area contributed by atoms with Crippen molar-refractivity contribution in [3.63, 3.8) is 0 Å². The van der Waals surface area contributed by atoms with Crippen molar-refractivity contribution in [2.45, 2.75) is 19.4 Å². The van der Waals surface area contributed by atoms with Crippen molar-refractivity contribution in [3.05, 3.63) is 40.2 Å². The molecule has 0 aromatic carbocycles. The van der Waals surface area contributed by atoms with Gasteiger partial charge in [0.15, 0.2) is 5.75 Å². The summed E-state index contributed by atoms with van der Waals surface area (Å²) in [5.74, 6) is -1.04. The van der Waals surface area contributed by atoms with Crippen LogP contribution in [0.3, 0.4) is 0 Å². The SMILES string of the molecule is O=C(O)CCc1cn(Cc2cc(=O)c(O)co2)nn1. The lowest BCUT2D eigenvalue weighted by Crippen LogP contribution is -2.05. The standard InChI is InChI=1S/C11H11N3O5/c15-9-3-8(19-6-10(9)16)5-14-4-7(12-13-14)1-2-11(17)18/h3-4,6,16H,1-2,5H2,(H,17,18). The molecule has 0 saturated carbocycles. The van der Waals surface area contributed by atoms with Crippen LogP contribution in [0.4, 0.5) is 0 Å². The number of hydrogen-bond donors (Lipinski definition) is 2. The highest BCUT2D eigenvalue weighted by molar-refractivity contribution is 5.66. The fraction of sp³-hybridized carbons (Fsp3) is 0.273. The lowest BCUT2D eigenvalue weighted by Gasteiger charge is -1.99. The number of aromatic nitrogens is 3. The molecular formula is C11H11N3O5. The van der Waals surface area contributed by atoms with Crippen LogP contribution in [0.15, 0.2) is 27.7 Å². The van der Waals surface area contributed by atoms with Crippen molar-refractivity contribution >= 4 is 5.97 Å². The van der Waals surface area contributed by atoms with Crippen LogP contribution in [0.5, 0.6) is 5.75 Å². The van der Waals surface area contributed by atoms with Crippen LogP contribution in [-0.4, -0.2) is 31.2 Å². The summed E-state index contributed by atoms with van der Waals surface area (Å²) in [6.07, 6.45) is 2.80. The van der Waals surface area contributed by atoms with Gasteiger partial charge in [-0.1, -0.05) is 5.21 Å². The van der Waals surface area contributed by atoms with Gasteiger partial charge in [0.25, 0.3) is 0 Å². The number of aliphatic carboxylic acids is 1. The maximum Gasteiger partial charge on any atom is 0.303 e. The average Bonchev–Trinajstić information content (AvgIpc) is 2.79. The van der Waals surface area contributed by atoms with Crippen LogP contribution in [0.25, 0.3) is 0 Å². The molecular weight excluding hydrogens is 254 g/mol. The first-order valence-electron chi connectivity index (χ1n) is 5.46. The molecule has 0 aliphatic rings. The largest absolute Gasteiger partial charge is 0.502 e. The number of rotatable bonds is 5. The summed E-state index contributed by atoms with van der Waals surface area (Å²) >= 11 is 0. The Morgan fingerprint density at radius 1 is 1.47 bits per heavy atom. The van der Waals surface area contributed by atoms with Gasteiger partial charge in [-0.3, -0.25) is 9.59 Å². The van der Waals surface area contributed by atoms with Gasteiger partial charge in [0.1, 0.15) is 18.6 Å². The number of carboxylic acid groups (broad SMARTS) is 1. The van der Waals surface area contributed by atoms with Crippen molar-refractivity contribution in [2.75, 3.05) is 0 Å². The van der Waals surface area contributed by atoms with Gasteiger partial charge in [-0.15, -0.1) is 5.10 Å². The quantitative estimate of drug-likeness (QED) is 0.781. The fourth-order valence-electron chi connectivity index (χ4n) is 1.45. The minimum Gasteiger partial charge on any atom is -0.502 e. The van der Waals surface area contributed by atoms with E-state index >= 15 is 0 Å². The van der Waals surface area contributed by atoms with E-state index in [1.807, 2.05) is 0 Å². The normalized spacial score (nSPS) is 10.5. The van der Waals surface area contributed by atoms with Gasteiger partial charge in [0.05, 0.1) is 12.1 Å². The first-order chi connectivity index (χ1) is 9.04. The maximum absolute atomic E-state index is 11.2. The number of carboxylic acids is 1. The number of aromatic hydroxyl groups is 1. The van der Waals surface area contributed by atoms with Crippen molar-refractivity contribution in [1.82, 2.24) is 15.0 Å². The second-order valence-electron chi connectivity index (χ2n) is 3.90. The zero-order valence-corrected chi connectivity index (χ0v) is 9.81. The summed E-state index contributed by atoms with van der Waals surface area (Å²) in [5.41, 5.74) is 0.0102. The third-order valence-corrected chi connectivity index (χ3v) is 2.37. The highest BCUT2D eigenvalue weighted by atomic mass is 16.4. The van der Waals surface area contributed by atoms with E-state index in [4.69, 9.17) is 14.6 Å². The van der Waals surface area contributed by atoms with Crippen LogP contribution in [0.2, 0.25) is 0 Å². The van der Waals surface area contributed by atoms with E-state index in [1.54, 1.807) is 6.20 Å². The molecule has 0 saturated heterocycles. The van der Waals surface area contributed by atoms with Gasteiger partial charge in [0, 0.05) is 18.7 Å². The topological polar surface area (TPSA) is 118 Å². The molecule has 2 aromatic rings. The predicted octanol–water partition coefficient (Wildman–Crippen LogP) is 0.00240. The van der Waals surface area contributed by atoms with E-state index in [0.717, 1.165) is 12.3 Å². The number of aryl methyl sites for hydroxylation is 1. The Bertz CT molecular complexity index is 646. The lowest BCUT2D eigenvalue weighted by molar-refractivity contribution is -0.136. The van der Waals surface area contributed by atoms with Gasteiger partial charge in [-0.05, 0) is 0 Å². The molecule has 2 aromatic heterocycles. The molecule has 0 amide bonds. The van der Waals surface area contributed by atoms with Crippen LogP contribution < -0.4 is 5.43 Å². The molecule has 0 spiro atoms. The van der Waals surface area contributed by atoms with Gasteiger partial charge >= 0.3 is 5.97 Å². The number of hydrogen-bond acceptors (Lipinski definition) is 6. The molecule has 0 radical (unpaired) electrons. The Labute approximate surface area is 106 Å². The van der Waals surface area contributed by atoms with Crippen LogP contribution in [-0.2, 0) is 17.8 Å². The van der Waals surface area contributed by atoms with Crippen molar-refractivity contribution in [2.24, 2.45) is 0 Å². The van der Waals surface area contributed by atoms with E-state index in [9.17, 15) is 9.59 Å². The van der Waals surface area contributed by atoms with Crippen LogP contribution in [0, 0.1) is 0 Å². The Balaban J connectivity index is 2.05. The van der Waals surface area contributed by atoms with E-state index in [-0.39, 0.29) is 19.4 Å². The monoisotopic (exact) mass is 265 g/mol. The molecule has 0 unspecified atom stereocenters. The summed E-state index contributed by atoms with van der Waals surface area (Å²) in [4.78, 5) is 21.6. The Morgan fingerprint density at radius 3 is 2.95 bits per heavy atom. The molecule has 100 valence electrons. The molecule has 0 aliphatic carbocycles. The number of nitrogens with zero attached hydrogens (tertiary/aromatic N) is 3. The van der Waals surface area contributed by atoms with Crippen LogP contribution >= 0.6 is 0 Å². The molecule has 2 rings (SSSR count). The highest BCUT2D eigenvalue weighted by Gasteiger charge is 2.07. The molecule has 2 N–H and O–H groups in total. The minimum atomic E-state index is -0.904. The van der Waals surface area contributed by atoms with E-state index in [2.05, 4.69) is 10.3 Å². The maximum atomic E-state index is 11.2. The van der Waals surface area contributed by atoms with Crippen molar-refractivity contribution in [3.8, 4) is 5.75 Å². The minimum absolute atomic E-state index is 0.0208. The molecule has 0 aliphatic heterocycles. The summed E-state index contributed by atoms with van der Waals surface area (Å²) in [5, 5.41) is 25.2. The fourth-order valence-corrected chi connectivity index (χ4v) is 1.45. The summed E-state index contributed by atoms with van der Waals surface area (Å²) in [6.45, 7) is 0.176. The Hall–Kier alpha value is -2.64.